The lowest BCUT2D eigenvalue weighted by Gasteiger charge is -2.24. The molecule has 0 radical (unpaired) electrons. The molecule has 0 saturated heterocycles. The highest BCUT2D eigenvalue weighted by Crippen LogP contribution is 2.48. The maximum atomic E-state index is 10.5. The molecule has 0 fully saturated rings. The van der Waals surface area contributed by atoms with Gasteiger partial charge in [0.2, 0.25) is 11.8 Å². The SMILES string of the molecule is CCCOc1ccc(-c2[nH]nc3c2[C@H](c2cc(Cl)ccc2O)C(C#N)=C(N)O3)cc1. The minimum Gasteiger partial charge on any atom is -0.508 e. The van der Waals surface area contributed by atoms with Gasteiger partial charge in [-0.15, -0.1) is 5.10 Å². The quantitative estimate of drug-likeness (QED) is 0.559. The normalized spacial score (nSPS) is 15.3. The number of rotatable bonds is 5. The lowest BCUT2D eigenvalue weighted by molar-refractivity contribution is 0.317. The maximum absolute atomic E-state index is 10.5. The summed E-state index contributed by atoms with van der Waals surface area (Å²) >= 11 is 6.17. The molecule has 4 rings (SSSR count). The number of ether oxygens (including phenoxy) is 2. The van der Waals surface area contributed by atoms with Crippen LogP contribution in [0.4, 0.5) is 0 Å². The highest BCUT2D eigenvalue weighted by Gasteiger charge is 2.37. The number of nitrogens with one attached hydrogen (secondary N) is 1. The molecule has 0 saturated carbocycles. The van der Waals surface area contributed by atoms with Gasteiger partial charge in [-0.3, -0.25) is 5.10 Å². The summed E-state index contributed by atoms with van der Waals surface area (Å²) in [7, 11) is 0. The number of aromatic amines is 1. The molecule has 1 atom stereocenters. The Morgan fingerprint density at radius 1 is 1.30 bits per heavy atom. The van der Waals surface area contributed by atoms with Crippen molar-refractivity contribution in [1.82, 2.24) is 10.2 Å². The van der Waals surface area contributed by atoms with Crippen molar-refractivity contribution in [3.05, 3.63) is 70.1 Å². The van der Waals surface area contributed by atoms with Gasteiger partial charge < -0.3 is 20.3 Å². The van der Waals surface area contributed by atoms with Gasteiger partial charge >= 0.3 is 0 Å². The van der Waals surface area contributed by atoms with Crippen LogP contribution in [0.5, 0.6) is 17.4 Å². The van der Waals surface area contributed by atoms with E-state index in [-0.39, 0.29) is 23.1 Å². The van der Waals surface area contributed by atoms with Crippen LogP contribution in [-0.4, -0.2) is 21.9 Å². The van der Waals surface area contributed by atoms with Gasteiger partial charge in [0.1, 0.15) is 23.1 Å². The Labute approximate surface area is 178 Å². The maximum Gasteiger partial charge on any atom is 0.244 e. The Morgan fingerprint density at radius 2 is 2.07 bits per heavy atom. The van der Waals surface area contributed by atoms with Gasteiger partial charge in [-0.25, -0.2) is 0 Å². The summed E-state index contributed by atoms with van der Waals surface area (Å²) in [6.45, 7) is 2.68. The van der Waals surface area contributed by atoms with Crippen molar-refractivity contribution in [3.8, 4) is 34.7 Å². The van der Waals surface area contributed by atoms with Crippen molar-refractivity contribution < 1.29 is 14.6 Å². The molecule has 3 aromatic rings. The number of aromatic hydroxyl groups is 1. The van der Waals surface area contributed by atoms with E-state index in [9.17, 15) is 10.4 Å². The standard InChI is InChI=1S/C22H19ClN4O3/c1-2-9-29-14-6-3-12(4-7-14)20-19-18(15-10-13(23)5-8-17(15)28)16(11-24)21(25)30-22(19)27-26-20/h3-8,10,18,28H,2,9,25H2,1H3,(H,26,27)/t18-/m1/s1. The first-order valence-corrected chi connectivity index (χ1v) is 9.78. The molecule has 30 heavy (non-hydrogen) atoms. The van der Waals surface area contributed by atoms with Crippen LogP contribution in [0.3, 0.4) is 0 Å². The van der Waals surface area contributed by atoms with Gasteiger partial charge in [0.15, 0.2) is 0 Å². The predicted octanol–water partition coefficient (Wildman–Crippen LogP) is 4.44. The molecule has 0 amide bonds. The highest BCUT2D eigenvalue weighted by molar-refractivity contribution is 6.30. The van der Waals surface area contributed by atoms with Crippen LogP contribution in [0.15, 0.2) is 53.9 Å². The third kappa shape index (κ3) is 3.42. The van der Waals surface area contributed by atoms with E-state index in [0.717, 1.165) is 17.7 Å². The molecule has 0 spiro atoms. The minimum atomic E-state index is -0.692. The summed E-state index contributed by atoms with van der Waals surface area (Å²) in [5.74, 6) is 0.250. The van der Waals surface area contributed by atoms with Crippen molar-refractivity contribution in [2.24, 2.45) is 5.73 Å². The van der Waals surface area contributed by atoms with Crippen molar-refractivity contribution in [1.29, 1.82) is 5.26 Å². The lowest BCUT2D eigenvalue weighted by Crippen LogP contribution is -2.21. The molecule has 0 bridgehead atoms. The van der Waals surface area contributed by atoms with Crippen LogP contribution >= 0.6 is 11.6 Å². The fraction of sp³-hybridized carbons (Fsp3) is 0.182. The minimum absolute atomic E-state index is 0.00624. The highest BCUT2D eigenvalue weighted by atomic mass is 35.5. The number of H-pyrrole nitrogens is 1. The molecule has 7 nitrogen and oxygen atoms in total. The van der Waals surface area contributed by atoms with E-state index in [4.69, 9.17) is 26.8 Å². The Bertz CT molecular complexity index is 1160. The van der Waals surface area contributed by atoms with Gasteiger partial charge in [0.25, 0.3) is 0 Å². The third-order valence-corrected chi connectivity index (χ3v) is 5.09. The van der Waals surface area contributed by atoms with E-state index >= 15 is 0 Å². The Hall–Kier alpha value is -3.63. The molecular formula is C22H19ClN4O3. The summed E-state index contributed by atoms with van der Waals surface area (Å²) in [5, 5.41) is 27.9. The van der Waals surface area contributed by atoms with Crippen LogP contribution < -0.4 is 15.2 Å². The second kappa shape index (κ2) is 8.01. The van der Waals surface area contributed by atoms with Gasteiger partial charge in [0.05, 0.1) is 23.8 Å². The number of hydrogen-bond acceptors (Lipinski definition) is 6. The molecule has 4 N–H and O–H groups in total. The molecule has 0 unspecified atom stereocenters. The Balaban J connectivity index is 1.85. The summed E-state index contributed by atoms with van der Waals surface area (Å²) < 4.78 is 11.2. The zero-order valence-corrected chi connectivity index (χ0v) is 16.9. The molecule has 1 aliphatic rings. The molecule has 152 valence electrons. The molecule has 2 aromatic carbocycles. The predicted molar refractivity (Wildman–Crippen MR) is 112 cm³/mol. The monoisotopic (exact) mass is 422 g/mol. The first kappa shape index (κ1) is 19.7. The summed E-state index contributed by atoms with van der Waals surface area (Å²) in [6, 6.07) is 14.3. The largest absolute Gasteiger partial charge is 0.508 e. The van der Waals surface area contributed by atoms with E-state index in [2.05, 4.69) is 16.3 Å². The number of phenols is 1. The van der Waals surface area contributed by atoms with Crippen LogP contribution in [-0.2, 0) is 0 Å². The van der Waals surface area contributed by atoms with Crippen LogP contribution in [0.25, 0.3) is 11.3 Å². The number of nitriles is 1. The smallest absolute Gasteiger partial charge is 0.244 e. The summed E-state index contributed by atoms with van der Waals surface area (Å²) in [6.07, 6.45) is 0.919. The molecule has 1 aromatic heterocycles. The van der Waals surface area contributed by atoms with Gasteiger partial charge in [-0.1, -0.05) is 18.5 Å². The van der Waals surface area contributed by atoms with E-state index in [1.54, 1.807) is 12.1 Å². The Morgan fingerprint density at radius 3 is 2.77 bits per heavy atom. The average molecular weight is 423 g/mol. The van der Waals surface area contributed by atoms with Gasteiger partial charge in [-0.2, -0.15) is 5.26 Å². The van der Waals surface area contributed by atoms with E-state index in [1.807, 2.05) is 31.2 Å². The van der Waals surface area contributed by atoms with E-state index in [1.165, 1.54) is 6.07 Å². The van der Waals surface area contributed by atoms with Crippen molar-refractivity contribution >= 4 is 11.6 Å². The van der Waals surface area contributed by atoms with E-state index < -0.39 is 5.92 Å². The van der Waals surface area contributed by atoms with Crippen molar-refractivity contribution in [3.63, 3.8) is 0 Å². The Kier molecular flexibility index (Phi) is 5.25. The number of hydrogen-bond donors (Lipinski definition) is 3. The fourth-order valence-corrected chi connectivity index (χ4v) is 3.65. The second-order valence-electron chi connectivity index (χ2n) is 6.82. The van der Waals surface area contributed by atoms with Crippen LogP contribution in [0, 0.1) is 11.3 Å². The zero-order valence-electron chi connectivity index (χ0n) is 16.1. The van der Waals surface area contributed by atoms with Crippen molar-refractivity contribution in [2.45, 2.75) is 19.3 Å². The number of benzene rings is 2. The van der Waals surface area contributed by atoms with Crippen molar-refractivity contribution in [2.75, 3.05) is 6.61 Å². The first-order valence-electron chi connectivity index (χ1n) is 9.41. The number of aromatic nitrogens is 2. The topological polar surface area (TPSA) is 117 Å². The number of halogens is 1. The number of nitrogens with zero attached hydrogens (tertiary/aromatic N) is 2. The first-order chi connectivity index (χ1) is 14.5. The molecule has 1 aliphatic heterocycles. The molecule has 0 aliphatic carbocycles. The van der Waals surface area contributed by atoms with Crippen LogP contribution in [0.1, 0.15) is 30.4 Å². The van der Waals surface area contributed by atoms with E-state index in [0.29, 0.717) is 28.5 Å². The molecule has 8 heteroatoms. The third-order valence-electron chi connectivity index (χ3n) is 4.86. The number of allylic oxidation sites excluding steroid dienone is 1. The van der Waals surface area contributed by atoms with Gasteiger partial charge in [-0.05, 0) is 48.9 Å². The summed E-state index contributed by atoms with van der Waals surface area (Å²) in [5.41, 5.74) is 8.67. The average Bonchev–Trinajstić information content (AvgIpc) is 3.16. The molecule has 2 heterocycles. The second-order valence-corrected chi connectivity index (χ2v) is 7.25. The fourth-order valence-electron chi connectivity index (χ4n) is 3.47. The number of fused-ring (bicyclic) bond motifs is 1. The number of phenolic OH excluding ortho intramolecular Hbond substituents is 1. The molecular weight excluding hydrogens is 404 g/mol. The van der Waals surface area contributed by atoms with Gasteiger partial charge in [0, 0.05) is 16.1 Å². The number of nitrogens with two attached hydrogens (primary N) is 1. The summed E-state index contributed by atoms with van der Waals surface area (Å²) in [4.78, 5) is 0. The zero-order chi connectivity index (χ0) is 21.3. The lowest BCUT2D eigenvalue weighted by atomic mass is 9.82. The van der Waals surface area contributed by atoms with Crippen LogP contribution in [0.2, 0.25) is 5.02 Å².